The Balaban J connectivity index is 2.33. The first-order chi connectivity index (χ1) is 9.86. The van der Waals surface area contributed by atoms with Gasteiger partial charge in [0.1, 0.15) is 12.6 Å². The first-order valence-electron chi connectivity index (χ1n) is 6.85. The van der Waals surface area contributed by atoms with Gasteiger partial charge in [0, 0.05) is 0 Å². The molecule has 1 unspecified atom stereocenters. The minimum absolute atomic E-state index is 0.0552. The summed E-state index contributed by atoms with van der Waals surface area (Å²) in [6.07, 6.45) is 0.409. The molecule has 0 aliphatic carbocycles. The number of nitrogens with two attached hydrogens (primary N) is 1. The van der Waals surface area contributed by atoms with E-state index in [9.17, 15) is 14.4 Å². The molecule has 0 radical (unpaired) electrons. The summed E-state index contributed by atoms with van der Waals surface area (Å²) in [7, 11) is 0. The monoisotopic (exact) mass is 293 g/mol. The Bertz CT molecular complexity index is 593. The normalized spacial score (nSPS) is 19.0. The molecule has 1 fully saturated rings. The summed E-state index contributed by atoms with van der Waals surface area (Å²) in [5.41, 5.74) is 6.93. The van der Waals surface area contributed by atoms with Crippen LogP contribution in [0.3, 0.4) is 0 Å². The summed E-state index contributed by atoms with van der Waals surface area (Å²) >= 11 is 0. The number of aromatic amines is 1. The SMILES string of the molecule is CCC1C(=O)NC(=O)CN1C(=O)c1n[nH]c(C(C)C)c1N. The Labute approximate surface area is 122 Å². The minimum atomic E-state index is -0.686. The highest BCUT2D eigenvalue weighted by atomic mass is 16.2. The predicted molar refractivity (Wildman–Crippen MR) is 75.4 cm³/mol. The van der Waals surface area contributed by atoms with Gasteiger partial charge in [0.2, 0.25) is 11.8 Å². The van der Waals surface area contributed by atoms with Crippen LogP contribution in [0, 0.1) is 0 Å². The van der Waals surface area contributed by atoms with Crippen molar-refractivity contribution in [3.63, 3.8) is 0 Å². The third-order valence-electron chi connectivity index (χ3n) is 3.52. The number of carbonyl (C=O) groups excluding carboxylic acids is 3. The van der Waals surface area contributed by atoms with Gasteiger partial charge in [0.25, 0.3) is 5.91 Å². The third-order valence-corrected chi connectivity index (χ3v) is 3.52. The Morgan fingerprint density at radius 2 is 2.14 bits per heavy atom. The molecule has 0 spiro atoms. The zero-order valence-electron chi connectivity index (χ0n) is 12.3. The van der Waals surface area contributed by atoms with Gasteiger partial charge in [0.15, 0.2) is 5.69 Å². The molecule has 1 aliphatic rings. The van der Waals surface area contributed by atoms with E-state index in [1.54, 1.807) is 6.92 Å². The van der Waals surface area contributed by atoms with Gasteiger partial charge in [-0.2, -0.15) is 5.10 Å². The zero-order valence-corrected chi connectivity index (χ0v) is 12.3. The van der Waals surface area contributed by atoms with Gasteiger partial charge in [-0.15, -0.1) is 0 Å². The molecule has 8 nitrogen and oxygen atoms in total. The largest absolute Gasteiger partial charge is 0.395 e. The van der Waals surface area contributed by atoms with Crippen molar-refractivity contribution >= 4 is 23.4 Å². The molecule has 8 heteroatoms. The van der Waals surface area contributed by atoms with Crippen molar-refractivity contribution in [2.24, 2.45) is 0 Å². The number of carbonyl (C=O) groups is 3. The molecular formula is C13H19N5O3. The molecule has 0 bridgehead atoms. The zero-order chi connectivity index (χ0) is 15.7. The lowest BCUT2D eigenvalue weighted by molar-refractivity contribution is -0.138. The minimum Gasteiger partial charge on any atom is -0.395 e. The van der Waals surface area contributed by atoms with E-state index in [-0.39, 0.29) is 23.8 Å². The highest BCUT2D eigenvalue weighted by molar-refractivity contribution is 6.08. The molecule has 0 saturated carbocycles. The van der Waals surface area contributed by atoms with Crippen molar-refractivity contribution < 1.29 is 14.4 Å². The molecule has 1 aromatic heterocycles. The maximum Gasteiger partial charge on any atom is 0.277 e. The number of aromatic nitrogens is 2. The van der Waals surface area contributed by atoms with Crippen LogP contribution < -0.4 is 11.1 Å². The van der Waals surface area contributed by atoms with Crippen LogP contribution in [0.1, 0.15) is 49.3 Å². The van der Waals surface area contributed by atoms with Gasteiger partial charge < -0.3 is 10.6 Å². The second kappa shape index (κ2) is 5.55. The number of H-pyrrole nitrogens is 1. The van der Waals surface area contributed by atoms with Crippen LogP contribution >= 0.6 is 0 Å². The fourth-order valence-corrected chi connectivity index (χ4v) is 2.39. The van der Waals surface area contributed by atoms with Crippen molar-refractivity contribution in [3.05, 3.63) is 11.4 Å². The number of nitrogens with one attached hydrogen (secondary N) is 2. The molecular weight excluding hydrogens is 274 g/mol. The Morgan fingerprint density at radius 3 is 2.67 bits per heavy atom. The smallest absolute Gasteiger partial charge is 0.277 e. The van der Waals surface area contributed by atoms with Crippen LogP contribution in [-0.4, -0.2) is 45.4 Å². The van der Waals surface area contributed by atoms with E-state index in [0.717, 1.165) is 0 Å². The topological polar surface area (TPSA) is 121 Å². The predicted octanol–water partition coefficient (Wildman–Crippen LogP) is -0.00750. The van der Waals surface area contributed by atoms with Crippen molar-refractivity contribution in [1.29, 1.82) is 0 Å². The molecule has 21 heavy (non-hydrogen) atoms. The molecule has 1 aromatic rings. The second-order valence-electron chi connectivity index (χ2n) is 5.32. The fourth-order valence-electron chi connectivity index (χ4n) is 2.39. The summed E-state index contributed by atoms with van der Waals surface area (Å²) < 4.78 is 0. The van der Waals surface area contributed by atoms with Crippen molar-refractivity contribution in [2.45, 2.75) is 39.2 Å². The number of amides is 3. The standard InChI is InChI=1S/C13H19N5O3/c1-4-7-12(20)15-8(19)5-18(7)13(21)11-9(14)10(6(2)3)16-17-11/h6-7H,4-5,14H2,1-3H3,(H,16,17)(H,15,19,20). The summed E-state index contributed by atoms with van der Waals surface area (Å²) in [6.45, 7) is 5.44. The summed E-state index contributed by atoms with van der Waals surface area (Å²) in [5.74, 6) is -1.39. The average molecular weight is 293 g/mol. The molecule has 114 valence electrons. The Morgan fingerprint density at radius 1 is 1.48 bits per heavy atom. The van der Waals surface area contributed by atoms with Crippen molar-refractivity contribution in [1.82, 2.24) is 20.4 Å². The molecule has 1 aliphatic heterocycles. The summed E-state index contributed by atoms with van der Waals surface area (Å²) in [4.78, 5) is 37.1. The van der Waals surface area contributed by atoms with E-state index in [4.69, 9.17) is 5.73 Å². The summed E-state index contributed by atoms with van der Waals surface area (Å²) in [5, 5.41) is 8.91. The number of nitrogens with zero attached hydrogens (tertiary/aromatic N) is 2. The first-order valence-corrected chi connectivity index (χ1v) is 6.85. The number of anilines is 1. The Kier molecular flexibility index (Phi) is 3.97. The van der Waals surface area contributed by atoms with Crippen molar-refractivity contribution in [3.8, 4) is 0 Å². The first kappa shape index (κ1) is 15.0. The van der Waals surface area contributed by atoms with Gasteiger partial charge in [0.05, 0.1) is 11.4 Å². The quantitative estimate of drug-likeness (QED) is 0.677. The number of hydrogen-bond donors (Lipinski definition) is 3. The lowest BCUT2D eigenvalue weighted by Gasteiger charge is -2.32. The van der Waals surface area contributed by atoms with Crippen molar-refractivity contribution in [2.75, 3.05) is 12.3 Å². The van der Waals surface area contributed by atoms with E-state index in [1.807, 2.05) is 13.8 Å². The molecule has 2 rings (SSSR count). The molecule has 1 atom stereocenters. The molecule has 2 heterocycles. The average Bonchev–Trinajstić information content (AvgIpc) is 2.79. The summed E-state index contributed by atoms with van der Waals surface area (Å²) in [6, 6.07) is -0.686. The fraction of sp³-hybridized carbons (Fsp3) is 0.538. The highest BCUT2D eigenvalue weighted by Crippen LogP contribution is 2.24. The number of rotatable bonds is 3. The van der Waals surface area contributed by atoms with E-state index in [2.05, 4.69) is 15.5 Å². The maximum atomic E-state index is 12.5. The molecule has 0 aromatic carbocycles. The Hall–Kier alpha value is -2.38. The van der Waals surface area contributed by atoms with Gasteiger partial charge in [-0.1, -0.05) is 20.8 Å². The van der Waals surface area contributed by atoms with E-state index < -0.39 is 23.8 Å². The van der Waals surface area contributed by atoms with E-state index in [0.29, 0.717) is 12.1 Å². The maximum absolute atomic E-state index is 12.5. The van der Waals surface area contributed by atoms with E-state index in [1.165, 1.54) is 4.90 Å². The van der Waals surface area contributed by atoms with Crippen LogP contribution in [0.25, 0.3) is 0 Å². The van der Waals surface area contributed by atoms with Crippen LogP contribution in [-0.2, 0) is 9.59 Å². The highest BCUT2D eigenvalue weighted by Gasteiger charge is 2.37. The van der Waals surface area contributed by atoms with Crippen LogP contribution in [0.15, 0.2) is 0 Å². The van der Waals surface area contributed by atoms with Gasteiger partial charge in [-0.25, -0.2) is 0 Å². The molecule has 3 amide bonds. The van der Waals surface area contributed by atoms with E-state index >= 15 is 0 Å². The van der Waals surface area contributed by atoms with Gasteiger partial charge >= 0.3 is 0 Å². The lowest BCUT2D eigenvalue weighted by Crippen LogP contribution is -2.59. The van der Waals surface area contributed by atoms with Crippen LogP contribution in [0.2, 0.25) is 0 Å². The van der Waals surface area contributed by atoms with Gasteiger partial charge in [-0.3, -0.25) is 24.8 Å². The second-order valence-corrected chi connectivity index (χ2v) is 5.32. The number of hydrogen-bond acceptors (Lipinski definition) is 5. The van der Waals surface area contributed by atoms with Gasteiger partial charge in [-0.05, 0) is 12.3 Å². The van der Waals surface area contributed by atoms with Crippen LogP contribution in [0.4, 0.5) is 5.69 Å². The number of piperazine rings is 1. The molecule has 4 N–H and O–H groups in total. The van der Waals surface area contributed by atoms with Crippen LogP contribution in [0.5, 0.6) is 0 Å². The lowest BCUT2D eigenvalue weighted by atomic mass is 10.1. The number of imide groups is 1. The third kappa shape index (κ3) is 2.61. The number of nitrogen functional groups attached to an aromatic ring is 1. The molecule has 1 saturated heterocycles.